The number of benzene rings is 1. The van der Waals surface area contributed by atoms with Crippen LogP contribution in [-0.2, 0) is 17.3 Å². The summed E-state index contributed by atoms with van der Waals surface area (Å²) in [4.78, 5) is 0. The van der Waals surface area contributed by atoms with Crippen molar-refractivity contribution in [2.45, 2.75) is 13.0 Å². The molecule has 0 bridgehead atoms. The van der Waals surface area contributed by atoms with E-state index in [0.717, 1.165) is 23.0 Å². The van der Waals surface area contributed by atoms with E-state index in [9.17, 15) is 8.60 Å². The third-order valence-electron chi connectivity index (χ3n) is 2.11. The van der Waals surface area contributed by atoms with E-state index in [2.05, 4.69) is 21.2 Å². The molecule has 1 aromatic rings. The van der Waals surface area contributed by atoms with Crippen LogP contribution < -0.4 is 5.32 Å². The van der Waals surface area contributed by atoms with E-state index in [1.807, 2.05) is 0 Å². The van der Waals surface area contributed by atoms with Crippen molar-refractivity contribution in [3.05, 3.63) is 34.1 Å². The maximum absolute atomic E-state index is 12.9. The first-order valence-corrected chi connectivity index (χ1v) is 7.56. The fourth-order valence-corrected chi connectivity index (χ4v) is 2.24. The molecule has 90 valence electrons. The Hall–Kier alpha value is -0.260. The van der Waals surface area contributed by atoms with Crippen LogP contribution in [0.15, 0.2) is 22.7 Å². The predicted molar refractivity (Wildman–Crippen MR) is 69.4 cm³/mol. The molecule has 1 rings (SSSR count). The molecular formula is C11H15BrFNOS. The maximum Gasteiger partial charge on any atom is 0.123 e. The second-order valence-corrected chi connectivity index (χ2v) is 5.95. The van der Waals surface area contributed by atoms with Crippen LogP contribution in [0.5, 0.6) is 0 Å². The summed E-state index contributed by atoms with van der Waals surface area (Å²) in [6.07, 6.45) is 2.57. The molecule has 0 amide bonds. The minimum atomic E-state index is -0.731. The summed E-state index contributed by atoms with van der Waals surface area (Å²) in [5.74, 6) is 0.479. The number of hydrogen-bond donors (Lipinski definition) is 1. The van der Waals surface area contributed by atoms with E-state index >= 15 is 0 Å². The van der Waals surface area contributed by atoms with E-state index in [1.165, 1.54) is 12.1 Å². The van der Waals surface area contributed by atoms with E-state index in [0.29, 0.717) is 12.3 Å². The quantitative estimate of drug-likeness (QED) is 0.818. The van der Waals surface area contributed by atoms with Crippen molar-refractivity contribution in [1.29, 1.82) is 0 Å². The van der Waals surface area contributed by atoms with Gasteiger partial charge in [-0.05, 0) is 36.7 Å². The maximum atomic E-state index is 12.9. The van der Waals surface area contributed by atoms with Gasteiger partial charge in [0.15, 0.2) is 0 Å². The molecule has 1 aromatic carbocycles. The lowest BCUT2D eigenvalue weighted by Gasteiger charge is -2.06. The summed E-state index contributed by atoms with van der Waals surface area (Å²) in [5.41, 5.74) is 0.901. The van der Waals surface area contributed by atoms with Gasteiger partial charge in [-0.1, -0.05) is 15.9 Å². The van der Waals surface area contributed by atoms with Crippen molar-refractivity contribution in [3.8, 4) is 0 Å². The lowest BCUT2D eigenvalue weighted by molar-refractivity contribution is 0.618. The highest BCUT2D eigenvalue weighted by Gasteiger charge is 2.01. The number of hydrogen-bond acceptors (Lipinski definition) is 2. The second-order valence-electron chi connectivity index (χ2n) is 3.54. The molecule has 0 saturated heterocycles. The van der Waals surface area contributed by atoms with Gasteiger partial charge in [0.2, 0.25) is 0 Å². The van der Waals surface area contributed by atoms with Gasteiger partial charge in [-0.15, -0.1) is 0 Å². The Balaban J connectivity index is 2.31. The largest absolute Gasteiger partial charge is 0.313 e. The van der Waals surface area contributed by atoms with E-state index in [4.69, 9.17) is 0 Å². The Morgan fingerprint density at radius 2 is 2.25 bits per heavy atom. The molecule has 0 aliphatic heterocycles. The Labute approximate surface area is 106 Å². The van der Waals surface area contributed by atoms with Crippen LogP contribution in [0.2, 0.25) is 0 Å². The SMILES string of the molecule is C[S@](=O)CCCNCc1cc(F)ccc1Br. The van der Waals surface area contributed by atoms with Gasteiger partial charge in [-0.25, -0.2) is 4.39 Å². The van der Waals surface area contributed by atoms with Crippen LogP contribution in [0.3, 0.4) is 0 Å². The zero-order valence-corrected chi connectivity index (χ0v) is 11.5. The number of halogens is 2. The van der Waals surface area contributed by atoms with Crippen LogP contribution in [0.1, 0.15) is 12.0 Å². The molecule has 5 heteroatoms. The molecule has 1 atom stereocenters. The molecule has 0 aliphatic rings. The third kappa shape index (κ3) is 5.18. The molecule has 2 nitrogen and oxygen atoms in total. The monoisotopic (exact) mass is 307 g/mol. The highest BCUT2D eigenvalue weighted by Crippen LogP contribution is 2.17. The Morgan fingerprint density at radius 1 is 1.50 bits per heavy atom. The minimum absolute atomic E-state index is 0.227. The fraction of sp³-hybridized carbons (Fsp3) is 0.455. The summed E-state index contributed by atoms with van der Waals surface area (Å²) >= 11 is 3.37. The molecule has 0 unspecified atom stereocenters. The van der Waals surface area contributed by atoms with Gasteiger partial charge < -0.3 is 5.32 Å². The summed E-state index contributed by atoms with van der Waals surface area (Å²) in [5, 5.41) is 3.19. The molecule has 16 heavy (non-hydrogen) atoms. The molecule has 0 aliphatic carbocycles. The van der Waals surface area contributed by atoms with Crippen LogP contribution in [0.4, 0.5) is 4.39 Å². The molecule has 0 fully saturated rings. The van der Waals surface area contributed by atoms with Crippen molar-refractivity contribution in [3.63, 3.8) is 0 Å². The molecule has 0 saturated carbocycles. The molecule has 0 heterocycles. The highest BCUT2D eigenvalue weighted by molar-refractivity contribution is 9.10. The predicted octanol–water partition coefficient (Wildman–Crippen LogP) is 2.45. The molecular weight excluding hydrogens is 293 g/mol. The fourth-order valence-electron chi connectivity index (χ4n) is 1.30. The smallest absolute Gasteiger partial charge is 0.123 e. The van der Waals surface area contributed by atoms with Gasteiger partial charge in [-0.2, -0.15) is 0 Å². The lowest BCUT2D eigenvalue weighted by atomic mass is 10.2. The van der Waals surface area contributed by atoms with Crippen molar-refractivity contribution >= 4 is 26.7 Å². The summed E-state index contributed by atoms with van der Waals surface area (Å²) in [6.45, 7) is 1.41. The van der Waals surface area contributed by atoms with Gasteiger partial charge >= 0.3 is 0 Å². The van der Waals surface area contributed by atoms with Gasteiger partial charge in [0.25, 0.3) is 0 Å². The first kappa shape index (κ1) is 13.8. The number of nitrogens with one attached hydrogen (secondary N) is 1. The minimum Gasteiger partial charge on any atom is -0.313 e. The van der Waals surface area contributed by atoms with Gasteiger partial charge in [0.1, 0.15) is 5.82 Å². The van der Waals surface area contributed by atoms with Crippen LogP contribution in [0.25, 0.3) is 0 Å². The number of rotatable bonds is 6. The molecule has 1 N–H and O–H groups in total. The van der Waals surface area contributed by atoms with Crippen LogP contribution in [0, 0.1) is 5.82 Å². The Kier molecular flexibility index (Phi) is 6.16. The summed E-state index contributed by atoms with van der Waals surface area (Å²) in [6, 6.07) is 4.64. The van der Waals surface area contributed by atoms with Crippen LogP contribution >= 0.6 is 15.9 Å². The zero-order valence-electron chi connectivity index (χ0n) is 9.13. The normalized spacial score (nSPS) is 12.7. The summed E-state index contributed by atoms with van der Waals surface area (Å²) in [7, 11) is -0.731. The molecule has 0 aromatic heterocycles. The van der Waals surface area contributed by atoms with Gasteiger partial charge in [0.05, 0.1) is 0 Å². The van der Waals surface area contributed by atoms with Gasteiger partial charge in [0, 0.05) is 33.8 Å². The average molecular weight is 308 g/mol. The first-order valence-electron chi connectivity index (χ1n) is 5.04. The standard InChI is InChI=1S/C11H15BrFNOS/c1-16(15)6-2-5-14-8-9-7-10(13)3-4-11(9)12/h3-4,7,14H,2,5-6,8H2,1H3/t16-/m0/s1. The molecule has 0 radical (unpaired) electrons. The van der Waals surface area contributed by atoms with Crippen molar-refractivity contribution in [2.24, 2.45) is 0 Å². The van der Waals surface area contributed by atoms with Crippen molar-refractivity contribution < 1.29 is 8.60 Å². The topological polar surface area (TPSA) is 29.1 Å². The molecule has 0 spiro atoms. The third-order valence-corrected chi connectivity index (χ3v) is 3.75. The van der Waals surface area contributed by atoms with Crippen molar-refractivity contribution in [2.75, 3.05) is 18.6 Å². The lowest BCUT2D eigenvalue weighted by Crippen LogP contribution is -2.17. The Morgan fingerprint density at radius 3 is 2.94 bits per heavy atom. The van der Waals surface area contributed by atoms with E-state index in [1.54, 1.807) is 12.3 Å². The summed E-state index contributed by atoms with van der Waals surface area (Å²) < 4.78 is 24.6. The Bertz CT molecular complexity index is 373. The van der Waals surface area contributed by atoms with Crippen LogP contribution in [-0.4, -0.2) is 22.8 Å². The van der Waals surface area contributed by atoms with E-state index in [-0.39, 0.29) is 5.82 Å². The van der Waals surface area contributed by atoms with E-state index < -0.39 is 10.8 Å². The highest BCUT2D eigenvalue weighted by atomic mass is 79.9. The van der Waals surface area contributed by atoms with Crippen molar-refractivity contribution in [1.82, 2.24) is 5.32 Å². The zero-order chi connectivity index (χ0) is 12.0. The first-order chi connectivity index (χ1) is 7.59. The average Bonchev–Trinajstić information content (AvgIpc) is 2.22. The van der Waals surface area contributed by atoms with Gasteiger partial charge in [-0.3, -0.25) is 4.21 Å². The second kappa shape index (κ2) is 7.14.